The minimum atomic E-state index is -4.64. The zero-order chi connectivity index (χ0) is 20.5. The van der Waals surface area contributed by atoms with Crippen molar-refractivity contribution in [3.05, 3.63) is 29.8 Å². The number of piperidine rings is 1. The fourth-order valence-corrected chi connectivity index (χ4v) is 5.42. The van der Waals surface area contributed by atoms with Gasteiger partial charge in [-0.2, -0.15) is 13.2 Å². The first kappa shape index (κ1) is 21.1. The van der Waals surface area contributed by atoms with Gasteiger partial charge >= 0.3 is 6.18 Å². The second-order valence-corrected chi connectivity index (χ2v) is 9.49. The Balaban J connectivity index is 1.68. The summed E-state index contributed by atoms with van der Waals surface area (Å²) in [5, 5.41) is 0. The number of nitrogens with zero attached hydrogens (tertiary/aromatic N) is 1. The van der Waals surface area contributed by atoms with E-state index in [-0.39, 0.29) is 11.9 Å². The third kappa shape index (κ3) is 4.51. The average molecular weight is 418 g/mol. The molecule has 9 heteroatoms. The number of hydrogen-bond acceptors (Lipinski definition) is 3. The third-order valence-electron chi connectivity index (χ3n) is 5.94. The summed E-state index contributed by atoms with van der Waals surface area (Å²) in [6.45, 7) is 2.34. The van der Waals surface area contributed by atoms with Gasteiger partial charge < -0.3 is 4.90 Å². The van der Waals surface area contributed by atoms with Crippen molar-refractivity contribution in [3.8, 4) is 0 Å². The summed E-state index contributed by atoms with van der Waals surface area (Å²) in [6.07, 6.45) is 0.436. The molecule has 3 rings (SSSR count). The van der Waals surface area contributed by atoms with Gasteiger partial charge in [-0.15, -0.1) is 0 Å². The lowest BCUT2D eigenvalue weighted by Crippen LogP contribution is -2.54. The number of nitrogens with one attached hydrogen (secondary N) is 1. The van der Waals surface area contributed by atoms with Crippen LogP contribution in [0.25, 0.3) is 0 Å². The van der Waals surface area contributed by atoms with Gasteiger partial charge in [0.2, 0.25) is 15.9 Å². The van der Waals surface area contributed by atoms with E-state index < -0.39 is 33.2 Å². The number of halogens is 3. The maximum atomic E-state index is 12.8. The highest BCUT2D eigenvalue weighted by molar-refractivity contribution is 7.89. The zero-order valence-corrected chi connectivity index (χ0v) is 16.5. The first-order valence-electron chi connectivity index (χ1n) is 9.56. The van der Waals surface area contributed by atoms with Crippen LogP contribution in [0.4, 0.5) is 13.2 Å². The molecule has 1 saturated heterocycles. The number of fused-ring (bicyclic) bond motifs is 1. The van der Waals surface area contributed by atoms with Crippen molar-refractivity contribution >= 4 is 15.9 Å². The number of rotatable bonds is 4. The Bertz CT molecular complexity index is 826. The van der Waals surface area contributed by atoms with Gasteiger partial charge in [0.15, 0.2) is 0 Å². The number of sulfonamides is 1. The third-order valence-corrected chi connectivity index (χ3v) is 7.34. The lowest BCUT2D eigenvalue weighted by Gasteiger charge is -2.47. The SMILES string of the molecule is CC1CCN(C(=O)CNS(=O)(=O)c2cccc(C(F)(F)F)c2)C2CCCCC12. The molecule has 1 aliphatic carbocycles. The van der Waals surface area contributed by atoms with E-state index >= 15 is 0 Å². The van der Waals surface area contributed by atoms with E-state index in [4.69, 9.17) is 0 Å². The fourth-order valence-electron chi connectivity index (χ4n) is 4.40. The zero-order valence-electron chi connectivity index (χ0n) is 15.7. The molecule has 0 radical (unpaired) electrons. The molecule has 2 aliphatic rings. The number of hydrogen-bond donors (Lipinski definition) is 1. The molecule has 1 aromatic carbocycles. The van der Waals surface area contributed by atoms with E-state index in [0.717, 1.165) is 50.3 Å². The summed E-state index contributed by atoms with van der Waals surface area (Å²) in [7, 11) is -4.21. The van der Waals surface area contributed by atoms with Gasteiger partial charge in [0, 0.05) is 12.6 Å². The molecule has 0 aromatic heterocycles. The Morgan fingerprint density at radius 1 is 1.21 bits per heavy atom. The smallest absolute Gasteiger partial charge is 0.338 e. The van der Waals surface area contributed by atoms with Crippen LogP contribution in [0.5, 0.6) is 0 Å². The van der Waals surface area contributed by atoms with Gasteiger partial charge in [-0.3, -0.25) is 4.79 Å². The van der Waals surface area contributed by atoms with Gasteiger partial charge in [-0.05, 0) is 49.3 Å². The number of carbonyl (C=O) groups is 1. The van der Waals surface area contributed by atoms with Crippen LogP contribution < -0.4 is 4.72 Å². The first-order chi connectivity index (χ1) is 13.1. The van der Waals surface area contributed by atoms with E-state index in [2.05, 4.69) is 11.6 Å². The molecule has 1 saturated carbocycles. The number of alkyl halides is 3. The maximum absolute atomic E-state index is 12.8. The molecule has 0 spiro atoms. The molecular weight excluding hydrogens is 393 g/mol. The number of amides is 1. The molecule has 0 bridgehead atoms. The van der Waals surface area contributed by atoms with E-state index in [9.17, 15) is 26.4 Å². The topological polar surface area (TPSA) is 66.5 Å². The van der Waals surface area contributed by atoms with Crippen LogP contribution in [0, 0.1) is 11.8 Å². The molecule has 1 aliphatic heterocycles. The van der Waals surface area contributed by atoms with Crippen LogP contribution in [0.2, 0.25) is 0 Å². The van der Waals surface area contributed by atoms with Crippen molar-refractivity contribution in [1.29, 1.82) is 0 Å². The molecular formula is C19H25F3N2O3S. The molecule has 3 unspecified atom stereocenters. The maximum Gasteiger partial charge on any atom is 0.416 e. The summed E-state index contributed by atoms with van der Waals surface area (Å²) in [4.78, 5) is 13.9. The van der Waals surface area contributed by atoms with Crippen LogP contribution in [0.1, 0.15) is 44.6 Å². The van der Waals surface area contributed by atoms with E-state index in [1.165, 1.54) is 0 Å². The summed E-state index contributed by atoms with van der Waals surface area (Å²) in [5.74, 6) is 0.655. The molecule has 5 nitrogen and oxygen atoms in total. The predicted octanol–water partition coefficient (Wildman–Crippen LogP) is 3.41. The second kappa shape index (κ2) is 8.02. The highest BCUT2D eigenvalue weighted by Gasteiger charge is 2.39. The summed E-state index contributed by atoms with van der Waals surface area (Å²) in [6, 6.07) is 3.64. The minimum Gasteiger partial charge on any atom is -0.338 e. The highest BCUT2D eigenvalue weighted by Crippen LogP contribution is 2.38. The number of likely N-dealkylation sites (tertiary alicyclic amines) is 1. The Labute approximate surface area is 163 Å². The standard InChI is InChI=1S/C19H25F3N2O3S/c1-13-9-10-24(17-8-3-2-7-16(13)17)18(25)12-23-28(26,27)15-6-4-5-14(11-15)19(20,21)22/h4-6,11,13,16-17,23H,2-3,7-10,12H2,1H3. The number of benzene rings is 1. The van der Waals surface area contributed by atoms with Gasteiger partial charge in [0.25, 0.3) is 0 Å². The summed E-state index contributed by atoms with van der Waals surface area (Å²) < 4.78 is 65.4. The lowest BCUT2D eigenvalue weighted by atomic mass is 9.72. The van der Waals surface area contributed by atoms with E-state index in [0.29, 0.717) is 24.4 Å². The minimum absolute atomic E-state index is 0.128. The van der Waals surface area contributed by atoms with E-state index in [1.54, 1.807) is 4.90 Å². The van der Waals surface area contributed by atoms with Crippen LogP contribution in [-0.2, 0) is 21.0 Å². The van der Waals surface area contributed by atoms with Crippen molar-refractivity contribution < 1.29 is 26.4 Å². The Hall–Kier alpha value is -1.61. The van der Waals surface area contributed by atoms with Gasteiger partial charge in [-0.1, -0.05) is 25.8 Å². The summed E-state index contributed by atoms with van der Waals surface area (Å²) in [5.41, 5.74) is -1.04. The van der Waals surface area contributed by atoms with Gasteiger partial charge in [-0.25, -0.2) is 13.1 Å². The summed E-state index contributed by atoms with van der Waals surface area (Å²) >= 11 is 0. The Kier molecular flexibility index (Phi) is 6.05. The molecule has 1 amide bonds. The largest absolute Gasteiger partial charge is 0.416 e. The Morgan fingerprint density at radius 3 is 2.64 bits per heavy atom. The fraction of sp³-hybridized carbons (Fsp3) is 0.632. The Morgan fingerprint density at radius 2 is 1.93 bits per heavy atom. The molecule has 1 aromatic rings. The molecule has 2 fully saturated rings. The van der Waals surface area contributed by atoms with E-state index in [1.807, 2.05) is 0 Å². The normalized spacial score (nSPS) is 26.0. The second-order valence-electron chi connectivity index (χ2n) is 7.72. The van der Waals surface area contributed by atoms with Crippen LogP contribution >= 0.6 is 0 Å². The average Bonchev–Trinajstić information content (AvgIpc) is 2.66. The first-order valence-corrected chi connectivity index (χ1v) is 11.0. The van der Waals surface area contributed by atoms with Crippen LogP contribution in [0.3, 0.4) is 0 Å². The molecule has 156 valence electrons. The molecule has 1 heterocycles. The van der Waals surface area contributed by atoms with Crippen molar-refractivity contribution in [3.63, 3.8) is 0 Å². The molecule has 3 atom stereocenters. The van der Waals surface area contributed by atoms with Crippen molar-refractivity contribution in [2.75, 3.05) is 13.1 Å². The highest BCUT2D eigenvalue weighted by atomic mass is 32.2. The monoisotopic (exact) mass is 418 g/mol. The molecule has 28 heavy (non-hydrogen) atoms. The predicted molar refractivity (Wildman–Crippen MR) is 97.9 cm³/mol. The van der Waals surface area contributed by atoms with Crippen molar-refractivity contribution in [2.45, 2.75) is 56.1 Å². The van der Waals surface area contributed by atoms with Gasteiger partial charge in [0.1, 0.15) is 0 Å². The quantitative estimate of drug-likeness (QED) is 0.815. The lowest BCUT2D eigenvalue weighted by molar-refractivity contribution is -0.138. The molecule has 1 N–H and O–H groups in total. The van der Waals surface area contributed by atoms with Crippen molar-refractivity contribution in [1.82, 2.24) is 9.62 Å². The van der Waals surface area contributed by atoms with Crippen LogP contribution in [-0.4, -0.2) is 38.4 Å². The number of carbonyl (C=O) groups excluding carboxylic acids is 1. The van der Waals surface area contributed by atoms with Gasteiger partial charge in [0.05, 0.1) is 17.0 Å². The van der Waals surface area contributed by atoms with Crippen LogP contribution in [0.15, 0.2) is 29.2 Å². The van der Waals surface area contributed by atoms with Crippen molar-refractivity contribution in [2.24, 2.45) is 11.8 Å².